The number of amides is 1. The zero-order valence-corrected chi connectivity index (χ0v) is 11.8. The van der Waals surface area contributed by atoms with E-state index in [4.69, 9.17) is 5.73 Å². The summed E-state index contributed by atoms with van der Waals surface area (Å²) in [7, 11) is -1.18. The van der Waals surface area contributed by atoms with Gasteiger partial charge in [0.1, 0.15) is 11.6 Å². The van der Waals surface area contributed by atoms with E-state index in [0.29, 0.717) is 5.75 Å². The zero-order valence-electron chi connectivity index (χ0n) is 10.9. The fourth-order valence-electron chi connectivity index (χ4n) is 1.55. The second-order valence-corrected chi connectivity index (χ2v) is 5.85. The quantitative estimate of drug-likeness (QED) is 0.596. The normalized spacial score (nSPS) is 12.1. The summed E-state index contributed by atoms with van der Waals surface area (Å²) in [6, 6.07) is 3.74. The van der Waals surface area contributed by atoms with Crippen LogP contribution in [-0.4, -0.2) is 21.6 Å². The molecule has 1 atom stereocenters. The maximum Gasteiger partial charge on any atom is 0.237 e. The molecule has 3 N–H and O–H groups in total. The lowest BCUT2D eigenvalue weighted by Crippen LogP contribution is -2.21. The van der Waals surface area contributed by atoms with Crippen molar-refractivity contribution in [2.75, 3.05) is 22.6 Å². The number of benzene rings is 1. The number of halogens is 1. The smallest absolute Gasteiger partial charge is 0.237 e. The monoisotopic (exact) mass is 286 g/mol. The van der Waals surface area contributed by atoms with Gasteiger partial charge in [-0.3, -0.25) is 9.00 Å². The predicted molar refractivity (Wildman–Crippen MR) is 76.8 cm³/mol. The maximum absolute atomic E-state index is 13.0. The average Bonchev–Trinajstić information content (AvgIpc) is 2.34. The van der Waals surface area contributed by atoms with Crippen molar-refractivity contribution >= 4 is 28.1 Å². The fourth-order valence-corrected chi connectivity index (χ4v) is 2.59. The first-order valence-corrected chi connectivity index (χ1v) is 7.71. The highest BCUT2D eigenvalue weighted by molar-refractivity contribution is 7.85. The molecular formula is C13H19FN2O2S. The van der Waals surface area contributed by atoms with Crippen molar-refractivity contribution in [3.8, 4) is 0 Å². The summed E-state index contributed by atoms with van der Waals surface area (Å²) in [6.45, 7) is 2.06. The lowest BCUT2D eigenvalue weighted by molar-refractivity contribution is -0.113. The molecule has 1 rings (SSSR count). The third-order valence-corrected chi connectivity index (χ3v) is 3.89. The zero-order chi connectivity index (χ0) is 14.3. The van der Waals surface area contributed by atoms with Gasteiger partial charge < -0.3 is 11.1 Å². The van der Waals surface area contributed by atoms with Crippen LogP contribution in [0, 0.1) is 5.82 Å². The fraction of sp³-hybridized carbons (Fsp3) is 0.462. The van der Waals surface area contributed by atoms with E-state index in [1.54, 1.807) is 0 Å². The number of carbonyl (C=O) groups is 1. The Balaban J connectivity index is 2.46. The van der Waals surface area contributed by atoms with Crippen molar-refractivity contribution in [2.45, 2.75) is 26.2 Å². The van der Waals surface area contributed by atoms with Crippen LogP contribution in [0.2, 0.25) is 0 Å². The van der Waals surface area contributed by atoms with E-state index < -0.39 is 22.5 Å². The van der Waals surface area contributed by atoms with Gasteiger partial charge in [0, 0.05) is 16.6 Å². The molecular weight excluding hydrogens is 267 g/mol. The lowest BCUT2D eigenvalue weighted by Gasteiger charge is -2.08. The van der Waals surface area contributed by atoms with Gasteiger partial charge in [-0.2, -0.15) is 0 Å². The molecule has 1 unspecified atom stereocenters. The van der Waals surface area contributed by atoms with E-state index in [0.717, 1.165) is 25.3 Å². The van der Waals surface area contributed by atoms with Crippen LogP contribution in [0.1, 0.15) is 26.2 Å². The summed E-state index contributed by atoms with van der Waals surface area (Å²) < 4.78 is 24.6. The van der Waals surface area contributed by atoms with Crippen molar-refractivity contribution in [1.82, 2.24) is 0 Å². The van der Waals surface area contributed by atoms with Crippen LogP contribution in [0.4, 0.5) is 15.8 Å². The number of anilines is 2. The summed E-state index contributed by atoms with van der Waals surface area (Å²) in [6.07, 6.45) is 2.89. The highest BCUT2D eigenvalue weighted by Crippen LogP contribution is 2.19. The Bertz CT molecular complexity index is 466. The van der Waals surface area contributed by atoms with Crippen molar-refractivity contribution in [3.63, 3.8) is 0 Å². The third-order valence-electron chi connectivity index (χ3n) is 2.56. The summed E-state index contributed by atoms with van der Waals surface area (Å²) in [4.78, 5) is 11.6. The molecule has 0 radical (unpaired) electrons. The number of hydrogen-bond donors (Lipinski definition) is 2. The van der Waals surface area contributed by atoms with E-state index in [9.17, 15) is 13.4 Å². The maximum atomic E-state index is 13.0. The number of unbranched alkanes of at least 4 members (excludes halogenated alkanes) is 2. The highest BCUT2D eigenvalue weighted by atomic mass is 32.2. The van der Waals surface area contributed by atoms with E-state index in [2.05, 4.69) is 12.2 Å². The Kier molecular flexibility index (Phi) is 6.49. The molecule has 0 aliphatic rings. The van der Waals surface area contributed by atoms with Crippen LogP contribution in [0.5, 0.6) is 0 Å². The van der Waals surface area contributed by atoms with Crippen LogP contribution in [0.15, 0.2) is 18.2 Å². The van der Waals surface area contributed by atoms with E-state index in [1.807, 2.05) is 0 Å². The minimum Gasteiger partial charge on any atom is -0.397 e. The topological polar surface area (TPSA) is 72.2 Å². The Labute approximate surface area is 115 Å². The Hall–Kier alpha value is -1.43. The third kappa shape index (κ3) is 5.83. The average molecular weight is 286 g/mol. The molecule has 0 heterocycles. The van der Waals surface area contributed by atoms with Gasteiger partial charge in [-0.25, -0.2) is 4.39 Å². The molecule has 0 aliphatic heterocycles. The molecule has 1 aromatic carbocycles. The number of carbonyl (C=O) groups excluding carboxylic acids is 1. The second kappa shape index (κ2) is 7.89. The molecule has 0 saturated heterocycles. The van der Waals surface area contributed by atoms with Crippen LogP contribution in [-0.2, 0) is 15.6 Å². The van der Waals surface area contributed by atoms with Crippen molar-refractivity contribution in [3.05, 3.63) is 24.0 Å². The molecule has 0 aliphatic carbocycles. The summed E-state index contributed by atoms with van der Waals surface area (Å²) in [5, 5.41) is 2.48. The molecule has 0 spiro atoms. The van der Waals surface area contributed by atoms with E-state index in [1.165, 1.54) is 12.1 Å². The summed E-state index contributed by atoms with van der Waals surface area (Å²) >= 11 is 0. The molecule has 106 valence electrons. The first-order valence-electron chi connectivity index (χ1n) is 6.22. The molecule has 0 fully saturated rings. The molecule has 1 aromatic rings. The second-order valence-electron chi connectivity index (χ2n) is 4.28. The number of nitrogens with one attached hydrogen (secondary N) is 1. The lowest BCUT2D eigenvalue weighted by atomic mass is 10.2. The van der Waals surface area contributed by atoms with Crippen LogP contribution < -0.4 is 11.1 Å². The van der Waals surface area contributed by atoms with Gasteiger partial charge >= 0.3 is 0 Å². The molecule has 0 bridgehead atoms. The largest absolute Gasteiger partial charge is 0.397 e. The molecule has 0 saturated carbocycles. The first kappa shape index (κ1) is 15.6. The minimum absolute atomic E-state index is 0.0837. The van der Waals surface area contributed by atoms with E-state index in [-0.39, 0.29) is 17.1 Å². The van der Waals surface area contributed by atoms with Gasteiger partial charge in [-0.05, 0) is 24.6 Å². The first-order chi connectivity index (χ1) is 9.02. The molecule has 1 amide bonds. The summed E-state index contributed by atoms with van der Waals surface area (Å²) in [5.74, 6) is -0.458. The van der Waals surface area contributed by atoms with Crippen LogP contribution >= 0.6 is 0 Å². The molecule has 0 aromatic heterocycles. The van der Waals surface area contributed by atoms with Gasteiger partial charge in [0.05, 0.1) is 11.4 Å². The Morgan fingerprint density at radius 1 is 1.42 bits per heavy atom. The number of nitrogens with two attached hydrogens (primary N) is 1. The minimum atomic E-state index is -1.18. The van der Waals surface area contributed by atoms with Gasteiger partial charge in [0.2, 0.25) is 5.91 Å². The van der Waals surface area contributed by atoms with Crippen LogP contribution in [0.3, 0.4) is 0 Å². The Morgan fingerprint density at radius 3 is 2.84 bits per heavy atom. The summed E-state index contributed by atoms with van der Waals surface area (Å²) in [5.41, 5.74) is 6.11. The molecule has 19 heavy (non-hydrogen) atoms. The number of rotatable bonds is 7. The SMILES string of the molecule is CCCCCS(=O)CC(=O)Nc1cc(F)ccc1N. The van der Waals surface area contributed by atoms with Gasteiger partial charge in [0.25, 0.3) is 0 Å². The van der Waals surface area contributed by atoms with Gasteiger partial charge in [-0.1, -0.05) is 19.8 Å². The van der Waals surface area contributed by atoms with Gasteiger partial charge in [-0.15, -0.1) is 0 Å². The molecule has 6 heteroatoms. The van der Waals surface area contributed by atoms with Crippen LogP contribution in [0.25, 0.3) is 0 Å². The van der Waals surface area contributed by atoms with Crippen molar-refractivity contribution in [2.24, 2.45) is 0 Å². The molecule has 4 nitrogen and oxygen atoms in total. The standard InChI is InChI=1S/C13H19FN2O2S/c1-2-3-4-7-19(18)9-13(17)16-12-8-10(14)5-6-11(12)15/h5-6,8H,2-4,7,9,15H2,1H3,(H,16,17). The predicted octanol–water partition coefficient (Wildman–Crippen LogP) is 2.29. The van der Waals surface area contributed by atoms with Crippen molar-refractivity contribution < 1.29 is 13.4 Å². The Morgan fingerprint density at radius 2 is 2.16 bits per heavy atom. The van der Waals surface area contributed by atoms with E-state index >= 15 is 0 Å². The highest BCUT2D eigenvalue weighted by Gasteiger charge is 2.10. The van der Waals surface area contributed by atoms with Gasteiger partial charge in [0.15, 0.2) is 0 Å². The number of nitrogen functional groups attached to an aromatic ring is 1. The number of hydrogen-bond acceptors (Lipinski definition) is 3. The van der Waals surface area contributed by atoms with Crippen molar-refractivity contribution in [1.29, 1.82) is 0 Å².